The number of carbonyl (C=O) groups is 2. The lowest BCUT2D eigenvalue weighted by Gasteiger charge is -2.71. The molecule has 0 radical (unpaired) electrons. The molecule has 9 rings (SSSR count). The SMILES string of the molecule is COc1ccc2c(c1)C=C(c1c(C(=O)C34CC5COCC(C3)N54)cnn1C(C)C)Cn1c-2c(C2CCCCC2)c2ccc(C(=O)NS(=O)(=O)CC(C)C)cc21. The van der Waals surface area contributed by atoms with Crippen molar-refractivity contribution in [2.75, 3.05) is 26.1 Å². The first kappa shape index (κ1) is 36.4. The number of allylic oxidation sites excluding steroid dienone is 1. The zero-order valence-corrected chi connectivity index (χ0v) is 33.2. The van der Waals surface area contributed by atoms with E-state index in [-0.39, 0.29) is 41.1 Å². The molecule has 1 aliphatic carbocycles. The van der Waals surface area contributed by atoms with Crippen LogP contribution in [0.5, 0.6) is 5.75 Å². The summed E-state index contributed by atoms with van der Waals surface area (Å²) in [5, 5.41) is 5.94. The molecule has 290 valence electrons. The predicted molar refractivity (Wildman–Crippen MR) is 213 cm³/mol. The number of carbonyl (C=O) groups excluding carboxylic acids is 2. The van der Waals surface area contributed by atoms with Gasteiger partial charge in [-0.05, 0) is 104 Å². The molecule has 1 amide bonds. The Kier molecular flexibility index (Phi) is 8.90. The number of benzene rings is 2. The van der Waals surface area contributed by atoms with Crippen molar-refractivity contribution in [1.82, 2.24) is 24.0 Å². The van der Waals surface area contributed by atoms with Crippen LogP contribution in [0.1, 0.15) is 122 Å². The third kappa shape index (κ3) is 5.89. The standard InChI is InChI=1S/C43H51N5O6S/c1-25(2)24-55(51,52)45-42(50)28-11-13-35-37(17-28)46-21-30(15-29-16-33(53-5)12-14-34(29)40(46)38(35)27-9-7-6-8-10-27)39-36(20-44-48(39)26(3)4)41(49)43-18-31-22-54-23-32(19-43)47(31)43/h11-17,20,25-27,31-32H,6-10,18-19,21-24H2,1-5H3,(H,45,50). The van der Waals surface area contributed by atoms with Gasteiger partial charge in [0.25, 0.3) is 5.91 Å². The second-order valence-electron chi connectivity index (χ2n) is 17.1. The summed E-state index contributed by atoms with van der Waals surface area (Å²) >= 11 is 0. The minimum Gasteiger partial charge on any atom is -0.497 e. The lowest BCUT2D eigenvalue weighted by molar-refractivity contribution is -0.234. The molecule has 0 bridgehead atoms. The number of nitrogens with one attached hydrogen (secondary N) is 1. The quantitative estimate of drug-likeness (QED) is 0.168. The van der Waals surface area contributed by atoms with Crippen LogP contribution in [0.25, 0.3) is 33.8 Å². The third-order valence-corrected chi connectivity index (χ3v) is 14.3. The largest absolute Gasteiger partial charge is 0.497 e. The van der Waals surface area contributed by atoms with Crippen LogP contribution in [0, 0.1) is 5.92 Å². The summed E-state index contributed by atoms with van der Waals surface area (Å²) in [5.41, 5.74) is 7.41. The van der Waals surface area contributed by atoms with Gasteiger partial charge in [0.15, 0.2) is 5.78 Å². The highest BCUT2D eigenvalue weighted by Gasteiger charge is 2.68. The average Bonchev–Trinajstić information content (AvgIpc) is 3.66. The lowest BCUT2D eigenvalue weighted by atomic mass is 9.60. The van der Waals surface area contributed by atoms with Crippen molar-refractivity contribution in [3.8, 4) is 17.0 Å². The van der Waals surface area contributed by atoms with Crippen LogP contribution in [0.2, 0.25) is 0 Å². The lowest BCUT2D eigenvalue weighted by Crippen LogP contribution is -2.84. The number of methoxy groups -OCH3 is 1. The maximum Gasteiger partial charge on any atom is 0.264 e. The number of hydrogen-bond acceptors (Lipinski definition) is 8. The minimum absolute atomic E-state index is 0.0172. The van der Waals surface area contributed by atoms with E-state index >= 15 is 0 Å². The Balaban J connectivity index is 1.23. The molecule has 0 spiro atoms. The molecule has 2 aromatic heterocycles. The number of ketones is 1. The van der Waals surface area contributed by atoms with Gasteiger partial charge < -0.3 is 14.0 Å². The van der Waals surface area contributed by atoms with Crippen LogP contribution >= 0.6 is 0 Å². The first-order valence-electron chi connectivity index (χ1n) is 20.0. The first-order chi connectivity index (χ1) is 26.4. The van der Waals surface area contributed by atoms with Crippen LogP contribution < -0.4 is 9.46 Å². The van der Waals surface area contributed by atoms with Gasteiger partial charge in [0, 0.05) is 40.2 Å². The number of hydrogen-bond donors (Lipinski definition) is 1. The number of Topliss-reactive ketones (excluding diaryl/α,β-unsaturated/α-hetero) is 1. The van der Waals surface area contributed by atoms with Crippen molar-refractivity contribution in [1.29, 1.82) is 0 Å². The van der Waals surface area contributed by atoms with Gasteiger partial charge in [0.05, 0.1) is 61.3 Å². The maximum atomic E-state index is 14.9. The van der Waals surface area contributed by atoms with E-state index in [9.17, 15) is 18.0 Å². The van der Waals surface area contributed by atoms with E-state index in [1.807, 2.05) is 36.7 Å². The number of amides is 1. The van der Waals surface area contributed by atoms with Crippen molar-refractivity contribution >= 4 is 44.3 Å². The van der Waals surface area contributed by atoms with Crippen molar-refractivity contribution in [3.05, 3.63) is 70.5 Å². The second-order valence-corrected chi connectivity index (χ2v) is 18.9. The maximum absolute atomic E-state index is 14.9. The van der Waals surface area contributed by atoms with Gasteiger partial charge in [-0.25, -0.2) is 13.1 Å². The van der Waals surface area contributed by atoms with E-state index in [0.717, 1.165) is 83.3 Å². The molecule has 4 aromatic rings. The Morgan fingerprint density at radius 3 is 2.44 bits per heavy atom. The number of nitrogens with zero attached hydrogens (tertiary/aromatic N) is 4. The van der Waals surface area contributed by atoms with E-state index in [4.69, 9.17) is 14.6 Å². The van der Waals surface area contributed by atoms with Gasteiger partial charge in [-0.2, -0.15) is 5.10 Å². The smallest absolute Gasteiger partial charge is 0.264 e. The summed E-state index contributed by atoms with van der Waals surface area (Å²) in [7, 11) is -2.15. The summed E-state index contributed by atoms with van der Waals surface area (Å²) in [5.74, 6) is 0.275. The summed E-state index contributed by atoms with van der Waals surface area (Å²) < 4.78 is 44.0. The molecule has 4 fully saturated rings. The van der Waals surface area contributed by atoms with E-state index in [0.29, 0.717) is 31.2 Å². The number of rotatable bonds is 10. The Bertz CT molecular complexity index is 2350. The zero-order chi connectivity index (χ0) is 38.4. The van der Waals surface area contributed by atoms with Crippen LogP contribution in [0.15, 0.2) is 42.6 Å². The monoisotopic (exact) mass is 765 g/mol. The van der Waals surface area contributed by atoms with Crippen molar-refractivity contribution in [2.24, 2.45) is 5.92 Å². The summed E-state index contributed by atoms with van der Waals surface area (Å²) in [6.07, 6.45) is 11.2. The highest BCUT2D eigenvalue weighted by molar-refractivity contribution is 7.90. The Morgan fingerprint density at radius 1 is 1.00 bits per heavy atom. The van der Waals surface area contributed by atoms with Crippen molar-refractivity contribution in [3.63, 3.8) is 0 Å². The fraction of sp³-hybridized carbons (Fsp3) is 0.512. The number of ether oxygens (including phenoxy) is 2. The molecule has 1 saturated carbocycles. The van der Waals surface area contributed by atoms with Crippen LogP contribution in [0.4, 0.5) is 0 Å². The molecule has 12 heteroatoms. The number of piperidine rings is 1. The van der Waals surface area contributed by atoms with Gasteiger partial charge in [-0.3, -0.25) is 19.2 Å². The highest BCUT2D eigenvalue weighted by Crippen LogP contribution is 2.56. The number of sulfonamides is 1. The first-order valence-corrected chi connectivity index (χ1v) is 21.6. The molecule has 3 saturated heterocycles. The zero-order valence-electron chi connectivity index (χ0n) is 32.4. The summed E-state index contributed by atoms with van der Waals surface area (Å²) in [6, 6.07) is 12.4. The van der Waals surface area contributed by atoms with Crippen LogP contribution in [0.3, 0.4) is 0 Å². The number of aromatic nitrogens is 3. The van der Waals surface area contributed by atoms with Crippen molar-refractivity contribution < 1.29 is 27.5 Å². The van der Waals surface area contributed by atoms with Crippen LogP contribution in [-0.4, -0.2) is 83.1 Å². The summed E-state index contributed by atoms with van der Waals surface area (Å²) in [4.78, 5) is 30.9. The Hall–Kier alpha value is -4.26. The topological polar surface area (TPSA) is 125 Å². The van der Waals surface area contributed by atoms with E-state index < -0.39 is 21.5 Å². The van der Waals surface area contributed by atoms with Gasteiger partial charge in [0.1, 0.15) is 5.75 Å². The van der Waals surface area contributed by atoms with Crippen molar-refractivity contribution in [2.45, 2.75) is 109 Å². The molecular formula is C43H51N5O6S. The Labute approximate surface area is 323 Å². The normalized spacial score (nSPS) is 23.7. The van der Waals surface area contributed by atoms with E-state index in [2.05, 4.69) is 46.2 Å². The summed E-state index contributed by atoms with van der Waals surface area (Å²) in [6.45, 7) is 9.57. The molecule has 6 heterocycles. The fourth-order valence-electron chi connectivity index (χ4n) is 10.5. The number of morpholine rings is 1. The molecule has 2 unspecified atom stereocenters. The highest BCUT2D eigenvalue weighted by atomic mass is 32.2. The molecule has 2 atom stereocenters. The van der Waals surface area contributed by atoms with E-state index in [1.165, 1.54) is 12.0 Å². The molecule has 4 aliphatic heterocycles. The third-order valence-electron chi connectivity index (χ3n) is 12.7. The molecule has 1 N–H and O–H groups in total. The molecular weight excluding hydrogens is 715 g/mol. The molecule has 55 heavy (non-hydrogen) atoms. The second kappa shape index (κ2) is 13.4. The van der Waals surface area contributed by atoms with Gasteiger partial charge in [-0.1, -0.05) is 39.2 Å². The van der Waals surface area contributed by atoms with Gasteiger partial charge in [-0.15, -0.1) is 0 Å². The minimum atomic E-state index is -3.82. The Morgan fingerprint density at radius 2 is 1.75 bits per heavy atom. The predicted octanol–water partition coefficient (Wildman–Crippen LogP) is 7.21. The molecule has 11 nitrogen and oxygen atoms in total. The van der Waals surface area contributed by atoms with E-state index in [1.54, 1.807) is 19.4 Å². The van der Waals surface area contributed by atoms with Crippen LogP contribution in [-0.2, 0) is 21.3 Å². The van der Waals surface area contributed by atoms with Gasteiger partial charge in [0.2, 0.25) is 10.0 Å². The molecule has 2 aromatic carbocycles. The fourth-order valence-corrected chi connectivity index (χ4v) is 11.8. The van der Waals surface area contributed by atoms with Gasteiger partial charge >= 0.3 is 0 Å². The average molecular weight is 766 g/mol. The number of fused-ring (bicyclic) bond motifs is 5. The molecule has 5 aliphatic rings.